The second-order valence-electron chi connectivity index (χ2n) is 9.12. The van der Waals surface area contributed by atoms with E-state index >= 15 is 4.39 Å². The van der Waals surface area contributed by atoms with Crippen LogP contribution in [0.4, 0.5) is 14.6 Å². The van der Waals surface area contributed by atoms with E-state index in [0.29, 0.717) is 25.8 Å². The van der Waals surface area contributed by atoms with Gasteiger partial charge in [0, 0.05) is 23.2 Å². The normalized spacial score (nSPS) is 23.6. The van der Waals surface area contributed by atoms with Gasteiger partial charge in [-0.15, -0.1) is 11.3 Å². The van der Waals surface area contributed by atoms with Crippen LogP contribution in [0.3, 0.4) is 0 Å². The molecule has 2 bridgehead atoms. The first kappa shape index (κ1) is 22.4. The second kappa shape index (κ2) is 8.53. The molecule has 0 aliphatic heterocycles. The number of carboxylic acids is 1. The van der Waals surface area contributed by atoms with Crippen molar-refractivity contribution in [3.05, 3.63) is 46.6 Å². The molecule has 35 heavy (non-hydrogen) atoms. The summed E-state index contributed by atoms with van der Waals surface area (Å²) in [6, 6.07) is 4.20. The van der Waals surface area contributed by atoms with E-state index in [-0.39, 0.29) is 29.2 Å². The lowest BCUT2D eigenvalue weighted by molar-refractivity contribution is -0.148. The number of carbonyl (C=O) groups is 1. The van der Waals surface area contributed by atoms with Gasteiger partial charge in [-0.25, -0.2) is 23.7 Å². The Morgan fingerprint density at radius 1 is 1.17 bits per heavy atom. The lowest BCUT2D eigenvalue weighted by Crippen LogP contribution is -2.51. The molecule has 0 aromatic carbocycles. The zero-order chi connectivity index (χ0) is 24.3. The lowest BCUT2D eigenvalue weighted by atomic mass is 9.61. The van der Waals surface area contributed by atoms with Crippen molar-refractivity contribution >= 4 is 45.8 Å². The maximum Gasteiger partial charge on any atom is 0.308 e. The first-order valence-electron chi connectivity index (χ1n) is 11.3. The van der Waals surface area contributed by atoms with Crippen LogP contribution in [0.1, 0.15) is 25.7 Å². The van der Waals surface area contributed by atoms with E-state index in [2.05, 4.69) is 25.3 Å². The summed E-state index contributed by atoms with van der Waals surface area (Å²) >= 11 is 7.28. The van der Waals surface area contributed by atoms with E-state index < -0.39 is 29.6 Å². The molecule has 2 atom stereocenters. The Hall–Kier alpha value is -3.11. The number of carboxylic acid groups (broad SMARTS) is 1. The largest absolute Gasteiger partial charge is 0.481 e. The quantitative estimate of drug-likeness (QED) is 0.302. The Morgan fingerprint density at radius 2 is 1.94 bits per heavy atom. The highest BCUT2D eigenvalue weighted by molar-refractivity contribution is 7.19. The molecule has 2 unspecified atom stereocenters. The molecule has 0 saturated heterocycles. The van der Waals surface area contributed by atoms with Crippen molar-refractivity contribution in [1.82, 2.24) is 19.9 Å². The van der Waals surface area contributed by atoms with Crippen molar-refractivity contribution in [2.75, 3.05) is 5.32 Å². The number of pyridine rings is 1. The Morgan fingerprint density at radius 3 is 2.66 bits per heavy atom. The molecular weight excluding hydrogens is 496 g/mol. The molecule has 180 valence electrons. The summed E-state index contributed by atoms with van der Waals surface area (Å²) in [5.41, 5.74) is 0.944. The van der Waals surface area contributed by atoms with Crippen LogP contribution in [-0.2, 0) is 4.79 Å². The third-order valence-electron chi connectivity index (χ3n) is 7.20. The molecule has 7 rings (SSSR count). The van der Waals surface area contributed by atoms with Crippen molar-refractivity contribution in [1.29, 1.82) is 0 Å². The monoisotopic (exact) mass is 515 g/mol. The van der Waals surface area contributed by atoms with Crippen molar-refractivity contribution in [3.63, 3.8) is 0 Å². The van der Waals surface area contributed by atoms with Crippen LogP contribution >= 0.6 is 22.9 Å². The van der Waals surface area contributed by atoms with Crippen LogP contribution in [0, 0.1) is 29.4 Å². The number of nitrogens with one attached hydrogen (secondary N) is 2. The summed E-state index contributed by atoms with van der Waals surface area (Å²) in [6.45, 7) is 0. The first-order chi connectivity index (χ1) is 16.9. The first-order valence-corrected chi connectivity index (χ1v) is 12.5. The topological polar surface area (TPSA) is 104 Å². The number of aliphatic carboxylic acids is 1. The number of nitrogens with zero attached hydrogens (tertiary/aromatic N) is 3. The summed E-state index contributed by atoms with van der Waals surface area (Å²) in [7, 11) is 0. The summed E-state index contributed by atoms with van der Waals surface area (Å²) in [4.78, 5) is 28.6. The zero-order valence-electron chi connectivity index (χ0n) is 18.3. The molecular formula is C24H20ClF2N5O2S. The number of aromatic amines is 1. The molecule has 0 amide bonds. The van der Waals surface area contributed by atoms with Gasteiger partial charge in [0.2, 0.25) is 0 Å². The van der Waals surface area contributed by atoms with Crippen LogP contribution in [0.2, 0.25) is 4.34 Å². The van der Waals surface area contributed by atoms with E-state index in [0.717, 1.165) is 31.9 Å². The number of hydrogen-bond donors (Lipinski definition) is 3. The highest BCUT2D eigenvalue weighted by atomic mass is 35.5. The predicted octanol–water partition coefficient (Wildman–Crippen LogP) is 5.98. The number of H-pyrrole nitrogens is 1. The van der Waals surface area contributed by atoms with E-state index in [9.17, 15) is 14.3 Å². The van der Waals surface area contributed by atoms with E-state index in [1.165, 1.54) is 17.4 Å². The fourth-order valence-electron chi connectivity index (χ4n) is 5.60. The smallest absolute Gasteiger partial charge is 0.308 e. The molecule has 11 heteroatoms. The highest BCUT2D eigenvalue weighted by Crippen LogP contribution is 2.47. The van der Waals surface area contributed by atoms with Crippen LogP contribution in [-0.4, -0.2) is 37.1 Å². The van der Waals surface area contributed by atoms with Gasteiger partial charge in [0.25, 0.3) is 0 Å². The van der Waals surface area contributed by atoms with Gasteiger partial charge >= 0.3 is 5.97 Å². The van der Waals surface area contributed by atoms with Gasteiger partial charge in [-0.2, -0.15) is 0 Å². The molecule has 3 N–H and O–H groups in total. The Balaban J connectivity index is 1.50. The Labute approximate surface area is 207 Å². The second-order valence-corrected chi connectivity index (χ2v) is 10.8. The fraction of sp³-hybridized carbons (Fsp3) is 0.333. The van der Waals surface area contributed by atoms with Crippen molar-refractivity contribution < 1.29 is 18.7 Å². The molecule has 3 fully saturated rings. The molecule has 7 nitrogen and oxygen atoms in total. The van der Waals surface area contributed by atoms with Gasteiger partial charge in [0.05, 0.1) is 21.3 Å². The maximum absolute atomic E-state index is 15.8. The third-order valence-corrected chi connectivity index (χ3v) is 8.44. The van der Waals surface area contributed by atoms with Crippen LogP contribution in [0.15, 0.2) is 30.6 Å². The SMILES string of the molecule is O=C(O)C1C2CCC(CC2)C1Nc1nc(-c2c[nH]c3ncc(F)cc23)nc(-c2ccc(Cl)s2)c1F. The highest BCUT2D eigenvalue weighted by Gasteiger charge is 2.47. The van der Waals surface area contributed by atoms with Gasteiger partial charge in [0.1, 0.15) is 17.2 Å². The minimum atomic E-state index is -0.880. The van der Waals surface area contributed by atoms with E-state index in [1.54, 1.807) is 18.3 Å². The van der Waals surface area contributed by atoms with Gasteiger partial charge in [-0.1, -0.05) is 11.6 Å². The number of anilines is 1. The number of fused-ring (bicyclic) bond motifs is 4. The summed E-state index contributed by atoms with van der Waals surface area (Å²) in [5.74, 6) is -2.44. The summed E-state index contributed by atoms with van der Waals surface area (Å²) in [6.07, 6.45) is 6.22. The standard InChI is InChI=1S/C24H20ClF2N5O2S/c25-16-6-5-15(35-16)20-18(27)23(30-19-11-3-1-10(2-4-11)17(19)24(33)34)32-22(31-20)14-9-29-21-13(14)7-12(26)8-28-21/h5-11,17,19H,1-4H2,(H,28,29)(H,33,34)(H,30,31,32). The van der Waals surface area contributed by atoms with Crippen molar-refractivity contribution in [3.8, 4) is 22.0 Å². The molecule has 3 aliphatic carbocycles. The minimum Gasteiger partial charge on any atom is -0.481 e. The zero-order valence-corrected chi connectivity index (χ0v) is 19.8. The summed E-state index contributed by atoms with van der Waals surface area (Å²) in [5, 5.41) is 13.5. The number of aromatic nitrogens is 4. The van der Waals surface area contributed by atoms with Gasteiger partial charge in [-0.05, 0) is 55.7 Å². The van der Waals surface area contributed by atoms with Gasteiger partial charge in [-0.3, -0.25) is 4.79 Å². The van der Waals surface area contributed by atoms with Gasteiger partial charge in [0.15, 0.2) is 17.5 Å². The predicted molar refractivity (Wildman–Crippen MR) is 129 cm³/mol. The molecule has 3 saturated carbocycles. The van der Waals surface area contributed by atoms with Crippen LogP contribution in [0.5, 0.6) is 0 Å². The van der Waals surface area contributed by atoms with Crippen LogP contribution < -0.4 is 5.32 Å². The third kappa shape index (κ3) is 3.84. The number of halogens is 3. The van der Waals surface area contributed by atoms with E-state index in [4.69, 9.17) is 11.6 Å². The van der Waals surface area contributed by atoms with Gasteiger partial charge < -0.3 is 15.4 Å². The summed E-state index contributed by atoms with van der Waals surface area (Å²) < 4.78 is 30.3. The average Bonchev–Trinajstić information content (AvgIpc) is 3.46. The fourth-order valence-corrected chi connectivity index (χ4v) is 6.63. The number of thiophene rings is 1. The number of hydrogen-bond acceptors (Lipinski definition) is 6. The Kier molecular flexibility index (Phi) is 5.45. The van der Waals surface area contributed by atoms with E-state index in [1.807, 2.05) is 0 Å². The molecule has 0 spiro atoms. The minimum absolute atomic E-state index is 0.0426. The lowest BCUT2D eigenvalue weighted by Gasteiger charge is -2.47. The van der Waals surface area contributed by atoms with Crippen molar-refractivity contribution in [2.24, 2.45) is 17.8 Å². The van der Waals surface area contributed by atoms with Crippen molar-refractivity contribution in [2.45, 2.75) is 31.7 Å². The van der Waals surface area contributed by atoms with Crippen LogP contribution in [0.25, 0.3) is 33.0 Å². The molecule has 4 heterocycles. The molecule has 4 aromatic rings. The molecule has 3 aliphatic rings. The molecule has 0 radical (unpaired) electrons. The number of rotatable bonds is 5. The molecule has 4 aromatic heterocycles. The average molecular weight is 516 g/mol. The maximum atomic E-state index is 15.8. The Bertz CT molecular complexity index is 1450.